The van der Waals surface area contributed by atoms with Crippen molar-refractivity contribution in [1.29, 1.82) is 0 Å². The van der Waals surface area contributed by atoms with E-state index in [-0.39, 0.29) is 23.2 Å². The van der Waals surface area contributed by atoms with E-state index >= 15 is 0 Å². The van der Waals surface area contributed by atoms with Crippen molar-refractivity contribution >= 4 is 12.2 Å². The van der Waals surface area contributed by atoms with Crippen LogP contribution < -0.4 is 4.74 Å². The van der Waals surface area contributed by atoms with Crippen molar-refractivity contribution in [1.82, 2.24) is 19.7 Å². The van der Waals surface area contributed by atoms with Crippen LogP contribution in [0.1, 0.15) is 32.3 Å². The molecule has 0 N–H and O–H groups in total. The molecule has 1 aromatic carbocycles. The maximum atomic E-state index is 13.4. The summed E-state index contributed by atoms with van der Waals surface area (Å²) in [4.78, 5) is 17.9. The molecule has 1 aliphatic rings. The van der Waals surface area contributed by atoms with E-state index in [1.165, 1.54) is 23.3 Å². The highest BCUT2D eigenvalue weighted by molar-refractivity contribution is 5.85. The quantitative estimate of drug-likeness (QED) is 0.461. The fourth-order valence-corrected chi connectivity index (χ4v) is 3.16. The van der Waals surface area contributed by atoms with Crippen LogP contribution in [0.5, 0.6) is 5.75 Å². The first-order valence-corrected chi connectivity index (χ1v) is 10.1. The van der Waals surface area contributed by atoms with Crippen LogP contribution in [-0.4, -0.2) is 58.0 Å². The molecule has 0 saturated carbocycles. The minimum absolute atomic E-state index is 0.0809. The Morgan fingerprint density at radius 2 is 1.97 bits per heavy atom. The maximum absolute atomic E-state index is 13.4. The average molecular weight is 438 g/mol. The predicted octanol–water partition coefficient (Wildman–Crippen LogP) is 3.86. The molecule has 0 bridgehead atoms. The van der Waals surface area contributed by atoms with E-state index in [0.717, 1.165) is 44.1 Å². The number of aromatic nitrogens is 3. The first kappa shape index (κ1) is 22.8. The normalized spacial score (nSPS) is 15.2. The van der Waals surface area contributed by atoms with E-state index in [1.54, 1.807) is 13.8 Å². The summed E-state index contributed by atoms with van der Waals surface area (Å²) >= 11 is 0. The lowest BCUT2D eigenvalue weighted by Crippen LogP contribution is -2.25. The van der Waals surface area contributed by atoms with E-state index < -0.39 is 17.7 Å². The van der Waals surface area contributed by atoms with Gasteiger partial charge in [-0.25, -0.2) is 14.5 Å². The largest absolute Gasteiger partial charge is 0.492 e. The van der Waals surface area contributed by atoms with E-state index in [2.05, 4.69) is 15.0 Å². The van der Waals surface area contributed by atoms with Gasteiger partial charge in [0.1, 0.15) is 18.7 Å². The molecule has 7 nitrogen and oxygen atoms in total. The van der Waals surface area contributed by atoms with Gasteiger partial charge in [-0.3, -0.25) is 4.90 Å². The number of likely N-dealkylation sites (tertiary alicyclic amines) is 1. The fourth-order valence-electron chi connectivity index (χ4n) is 3.16. The molecule has 2 aromatic rings. The molecule has 2 heterocycles. The maximum Gasteiger partial charge on any atom is 0.416 e. The number of benzene rings is 1. The molecule has 0 aliphatic carbocycles. The minimum Gasteiger partial charge on any atom is -0.492 e. The second-order valence-electron chi connectivity index (χ2n) is 7.49. The van der Waals surface area contributed by atoms with Crippen LogP contribution in [0, 0.1) is 0 Å². The number of ether oxygens (including phenoxy) is 2. The number of carbonyl (C=O) groups is 1. The molecule has 0 amide bonds. The van der Waals surface area contributed by atoms with Crippen molar-refractivity contribution in [3.8, 4) is 17.1 Å². The highest BCUT2D eigenvalue weighted by Gasteiger charge is 2.32. The molecule has 1 aromatic heterocycles. The number of hydrogen-bond acceptors (Lipinski definition) is 6. The molecule has 0 spiro atoms. The first-order chi connectivity index (χ1) is 14.7. The van der Waals surface area contributed by atoms with Gasteiger partial charge < -0.3 is 9.47 Å². The number of esters is 1. The minimum atomic E-state index is -4.54. The van der Waals surface area contributed by atoms with Crippen LogP contribution >= 0.6 is 0 Å². The number of alkyl halides is 3. The van der Waals surface area contributed by atoms with Gasteiger partial charge in [0, 0.05) is 24.4 Å². The monoisotopic (exact) mass is 438 g/mol. The lowest BCUT2D eigenvalue weighted by molar-refractivity contribution is -0.141. The second-order valence-corrected chi connectivity index (χ2v) is 7.49. The topological polar surface area (TPSA) is 69.5 Å². The molecule has 3 rings (SSSR count). The summed E-state index contributed by atoms with van der Waals surface area (Å²) in [7, 11) is 0. The Morgan fingerprint density at radius 3 is 2.65 bits per heavy atom. The van der Waals surface area contributed by atoms with Gasteiger partial charge in [-0.05, 0) is 58.0 Å². The molecule has 1 saturated heterocycles. The molecular weight excluding hydrogens is 413 g/mol. The van der Waals surface area contributed by atoms with Crippen molar-refractivity contribution < 1.29 is 27.4 Å². The summed E-state index contributed by atoms with van der Waals surface area (Å²) in [6.07, 6.45) is 1.24. The molecule has 1 aliphatic heterocycles. The summed E-state index contributed by atoms with van der Waals surface area (Å²) in [6.45, 7) is 6.36. The Balaban J connectivity index is 1.75. The third kappa shape index (κ3) is 6.81. The van der Waals surface area contributed by atoms with E-state index in [4.69, 9.17) is 9.47 Å². The van der Waals surface area contributed by atoms with Crippen molar-refractivity contribution in [3.05, 3.63) is 36.2 Å². The first-order valence-electron chi connectivity index (χ1n) is 10.1. The van der Waals surface area contributed by atoms with Gasteiger partial charge in [0.15, 0.2) is 5.82 Å². The standard InChI is InChI=1S/C21H25F3N4O3/c1-15(2)31-19(29)5-8-28-14-25-20(26-28)16-11-17(21(22,23)24)13-18(12-16)30-10-9-27-6-3-4-7-27/h5,8,11-15H,3-4,6-7,9-10H2,1-2H3/b8-5+. The lowest BCUT2D eigenvalue weighted by atomic mass is 10.1. The molecule has 10 heteroatoms. The number of carbonyl (C=O) groups excluding carboxylic acids is 1. The highest BCUT2D eigenvalue weighted by Crippen LogP contribution is 2.35. The zero-order valence-electron chi connectivity index (χ0n) is 17.4. The Hall–Kier alpha value is -2.88. The Labute approximate surface area is 178 Å². The van der Waals surface area contributed by atoms with Gasteiger partial charge in [-0.15, -0.1) is 5.10 Å². The van der Waals surface area contributed by atoms with Crippen molar-refractivity contribution in [3.63, 3.8) is 0 Å². The number of nitrogens with zero attached hydrogens (tertiary/aromatic N) is 4. The molecule has 0 atom stereocenters. The van der Waals surface area contributed by atoms with Crippen molar-refractivity contribution in [2.75, 3.05) is 26.2 Å². The van der Waals surface area contributed by atoms with Crippen LogP contribution in [0.25, 0.3) is 17.6 Å². The third-order valence-electron chi connectivity index (χ3n) is 4.59. The van der Waals surface area contributed by atoms with Crippen molar-refractivity contribution in [2.24, 2.45) is 0 Å². The lowest BCUT2D eigenvalue weighted by Gasteiger charge is -2.16. The summed E-state index contributed by atoms with van der Waals surface area (Å²) in [6, 6.07) is 3.44. The highest BCUT2D eigenvalue weighted by atomic mass is 19.4. The van der Waals surface area contributed by atoms with Crippen LogP contribution in [0.3, 0.4) is 0 Å². The average Bonchev–Trinajstić information content (AvgIpc) is 3.37. The molecule has 0 radical (unpaired) electrons. The molecular formula is C21H25F3N4O3. The fraction of sp³-hybridized carbons (Fsp3) is 0.476. The van der Waals surface area contributed by atoms with Crippen LogP contribution in [0.4, 0.5) is 13.2 Å². The van der Waals surface area contributed by atoms with E-state index in [0.29, 0.717) is 13.2 Å². The summed E-state index contributed by atoms with van der Waals surface area (Å²) < 4.78 is 51.9. The smallest absolute Gasteiger partial charge is 0.416 e. The Morgan fingerprint density at radius 1 is 1.23 bits per heavy atom. The van der Waals surface area contributed by atoms with Crippen LogP contribution in [-0.2, 0) is 15.7 Å². The second kappa shape index (κ2) is 9.95. The Kier molecular flexibility index (Phi) is 7.32. The van der Waals surface area contributed by atoms with Gasteiger partial charge in [0.25, 0.3) is 0 Å². The Bertz CT molecular complexity index is 919. The summed E-state index contributed by atoms with van der Waals surface area (Å²) in [5, 5.41) is 4.12. The molecule has 1 fully saturated rings. The summed E-state index contributed by atoms with van der Waals surface area (Å²) in [5.74, 6) is -0.367. The predicted molar refractivity (Wildman–Crippen MR) is 108 cm³/mol. The van der Waals surface area contributed by atoms with Crippen LogP contribution in [0.15, 0.2) is 30.6 Å². The van der Waals surface area contributed by atoms with Crippen LogP contribution in [0.2, 0.25) is 0 Å². The van der Waals surface area contributed by atoms with Gasteiger partial charge in [0.2, 0.25) is 0 Å². The molecule has 168 valence electrons. The van der Waals surface area contributed by atoms with Gasteiger partial charge >= 0.3 is 12.1 Å². The third-order valence-corrected chi connectivity index (χ3v) is 4.59. The van der Waals surface area contributed by atoms with E-state index in [9.17, 15) is 18.0 Å². The SMILES string of the molecule is CC(C)OC(=O)/C=C/n1cnc(-c2cc(OCCN3CCCC3)cc(C(F)(F)F)c2)n1. The summed E-state index contributed by atoms with van der Waals surface area (Å²) in [5.41, 5.74) is -0.670. The number of halogens is 3. The molecule has 31 heavy (non-hydrogen) atoms. The van der Waals surface area contributed by atoms with Gasteiger partial charge in [-0.2, -0.15) is 13.2 Å². The number of hydrogen-bond donors (Lipinski definition) is 0. The zero-order valence-corrected chi connectivity index (χ0v) is 17.4. The van der Waals surface area contributed by atoms with Crippen molar-refractivity contribution in [2.45, 2.75) is 39.0 Å². The van der Waals surface area contributed by atoms with E-state index in [1.807, 2.05) is 0 Å². The zero-order chi connectivity index (χ0) is 22.4. The van der Waals surface area contributed by atoms with Gasteiger partial charge in [0.05, 0.1) is 11.7 Å². The number of rotatable bonds is 8. The van der Waals surface area contributed by atoms with Gasteiger partial charge in [-0.1, -0.05) is 0 Å². The molecule has 0 unspecified atom stereocenters.